The quantitative estimate of drug-likeness (QED) is 0.692. The van der Waals surface area contributed by atoms with E-state index in [2.05, 4.69) is 15.8 Å². The zero-order valence-electron chi connectivity index (χ0n) is 9.57. The normalized spacial score (nSPS) is 10.7. The highest BCUT2D eigenvalue weighted by molar-refractivity contribution is 5.95. The molecule has 2 N–H and O–H groups in total. The van der Waals surface area contributed by atoms with E-state index in [1.807, 2.05) is 0 Å². The van der Waals surface area contributed by atoms with Crippen molar-refractivity contribution >= 4 is 11.8 Å². The molecule has 0 unspecified atom stereocenters. The number of hydrogen-bond acceptors (Lipinski definition) is 3. The Morgan fingerprint density at radius 3 is 2.19 bits per heavy atom. The summed E-state index contributed by atoms with van der Waals surface area (Å²) in [4.78, 5) is 26.8. The van der Waals surface area contributed by atoms with Crippen LogP contribution in [0, 0.1) is 5.41 Å². The Hall–Kier alpha value is -1.91. The second kappa shape index (κ2) is 4.74. The molecule has 0 aliphatic heterocycles. The molecule has 0 saturated carbocycles. The molecule has 0 atom stereocenters. The van der Waals surface area contributed by atoms with Gasteiger partial charge in [-0.15, -0.1) is 0 Å². The first-order valence-electron chi connectivity index (χ1n) is 4.92. The Morgan fingerprint density at radius 1 is 1.12 bits per heavy atom. The van der Waals surface area contributed by atoms with Crippen molar-refractivity contribution in [2.75, 3.05) is 0 Å². The van der Waals surface area contributed by atoms with Gasteiger partial charge in [0.05, 0.1) is 0 Å². The van der Waals surface area contributed by atoms with Crippen LogP contribution in [-0.2, 0) is 4.79 Å². The fourth-order valence-corrected chi connectivity index (χ4v) is 0.876. The number of hydrogen-bond donors (Lipinski definition) is 2. The SMILES string of the molecule is CC(C)(C)C(=O)NNC(=O)c1ccncc1. The third-order valence-corrected chi connectivity index (χ3v) is 1.91. The summed E-state index contributed by atoms with van der Waals surface area (Å²) in [6.07, 6.45) is 3.03. The summed E-state index contributed by atoms with van der Waals surface area (Å²) in [5.41, 5.74) is 4.61. The van der Waals surface area contributed by atoms with Crippen molar-refractivity contribution in [2.45, 2.75) is 20.8 Å². The molecule has 0 aromatic carbocycles. The van der Waals surface area contributed by atoms with Crippen molar-refractivity contribution in [1.82, 2.24) is 15.8 Å². The predicted molar refractivity (Wildman–Crippen MR) is 59.3 cm³/mol. The lowest BCUT2D eigenvalue weighted by atomic mass is 9.96. The van der Waals surface area contributed by atoms with Crippen molar-refractivity contribution in [1.29, 1.82) is 0 Å². The van der Waals surface area contributed by atoms with Crippen molar-refractivity contribution in [2.24, 2.45) is 5.41 Å². The molecule has 2 amide bonds. The van der Waals surface area contributed by atoms with Crippen LogP contribution in [0.5, 0.6) is 0 Å². The number of aromatic nitrogens is 1. The highest BCUT2D eigenvalue weighted by atomic mass is 16.2. The molecule has 1 aromatic rings. The van der Waals surface area contributed by atoms with Gasteiger partial charge in [0.15, 0.2) is 0 Å². The number of nitrogens with zero attached hydrogens (tertiary/aromatic N) is 1. The first-order chi connectivity index (χ1) is 7.41. The van der Waals surface area contributed by atoms with Crippen molar-refractivity contribution in [3.8, 4) is 0 Å². The highest BCUT2D eigenvalue weighted by Crippen LogP contribution is 2.11. The minimum Gasteiger partial charge on any atom is -0.273 e. The van der Waals surface area contributed by atoms with E-state index in [4.69, 9.17) is 0 Å². The maximum Gasteiger partial charge on any atom is 0.269 e. The lowest BCUT2D eigenvalue weighted by molar-refractivity contribution is -0.129. The van der Waals surface area contributed by atoms with E-state index in [1.54, 1.807) is 32.9 Å². The summed E-state index contributed by atoms with van der Waals surface area (Å²) >= 11 is 0. The van der Waals surface area contributed by atoms with Gasteiger partial charge in [-0.2, -0.15) is 0 Å². The number of hydrazine groups is 1. The molecule has 0 saturated heterocycles. The van der Waals surface area contributed by atoms with Crippen LogP contribution in [-0.4, -0.2) is 16.8 Å². The summed E-state index contributed by atoms with van der Waals surface area (Å²) in [7, 11) is 0. The van der Waals surface area contributed by atoms with Crippen LogP contribution in [0.2, 0.25) is 0 Å². The second-order valence-corrected chi connectivity index (χ2v) is 4.39. The molecule has 5 heteroatoms. The van der Waals surface area contributed by atoms with Gasteiger partial charge in [0.1, 0.15) is 0 Å². The van der Waals surface area contributed by atoms with E-state index in [0.29, 0.717) is 5.56 Å². The van der Waals surface area contributed by atoms with Crippen LogP contribution in [0.3, 0.4) is 0 Å². The van der Waals surface area contributed by atoms with E-state index in [0.717, 1.165) is 0 Å². The molecule has 86 valence electrons. The van der Waals surface area contributed by atoms with Gasteiger partial charge in [-0.05, 0) is 12.1 Å². The molecule has 0 spiro atoms. The Bertz CT molecular complexity index is 382. The average Bonchev–Trinajstić information content (AvgIpc) is 2.25. The lowest BCUT2D eigenvalue weighted by Gasteiger charge is -2.17. The molecular formula is C11H15N3O2. The van der Waals surface area contributed by atoms with Crippen molar-refractivity contribution < 1.29 is 9.59 Å². The summed E-state index contributed by atoms with van der Waals surface area (Å²) in [6.45, 7) is 5.29. The zero-order valence-corrected chi connectivity index (χ0v) is 9.57. The van der Waals surface area contributed by atoms with Gasteiger partial charge in [-0.25, -0.2) is 0 Å². The molecule has 1 heterocycles. The summed E-state index contributed by atoms with van der Waals surface area (Å²) in [5.74, 6) is -0.602. The number of carbonyl (C=O) groups is 2. The largest absolute Gasteiger partial charge is 0.273 e. The molecule has 16 heavy (non-hydrogen) atoms. The van der Waals surface area contributed by atoms with E-state index >= 15 is 0 Å². The van der Waals surface area contributed by atoms with E-state index < -0.39 is 5.41 Å². The molecule has 5 nitrogen and oxygen atoms in total. The van der Waals surface area contributed by atoms with Gasteiger partial charge in [0.25, 0.3) is 5.91 Å². The zero-order chi connectivity index (χ0) is 12.2. The number of amides is 2. The monoisotopic (exact) mass is 221 g/mol. The highest BCUT2D eigenvalue weighted by Gasteiger charge is 2.21. The van der Waals surface area contributed by atoms with Gasteiger partial charge in [-0.1, -0.05) is 20.8 Å². The topological polar surface area (TPSA) is 71.1 Å². The minimum atomic E-state index is -0.536. The molecule has 1 aromatic heterocycles. The molecule has 0 aliphatic carbocycles. The van der Waals surface area contributed by atoms with Crippen LogP contribution in [0.15, 0.2) is 24.5 Å². The van der Waals surface area contributed by atoms with Gasteiger partial charge < -0.3 is 0 Å². The van der Waals surface area contributed by atoms with Gasteiger partial charge in [0.2, 0.25) is 5.91 Å². The second-order valence-electron chi connectivity index (χ2n) is 4.39. The first kappa shape index (κ1) is 12.2. The van der Waals surface area contributed by atoms with E-state index in [-0.39, 0.29) is 11.8 Å². The fraction of sp³-hybridized carbons (Fsp3) is 0.364. The van der Waals surface area contributed by atoms with Gasteiger partial charge >= 0.3 is 0 Å². The average molecular weight is 221 g/mol. The van der Waals surface area contributed by atoms with Crippen LogP contribution >= 0.6 is 0 Å². The van der Waals surface area contributed by atoms with E-state index in [1.165, 1.54) is 12.4 Å². The van der Waals surface area contributed by atoms with Crippen LogP contribution in [0.4, 0.5) is 0 Å². The molecule has 0 fully saturated rings. The Morgan fingerprint density at radius 2 is 1.69 bits per heavy atom. The molecule has 0 bridgehead atoms. The maximum atomic E-state index is 11.5. The van der Waals surface area contributed by atoms with Crippen LogP contribution in [0.25, 0.3) is 0 Å². The predicted octanol–water partition coefficient (Wildman–Crippen LogP) is 0.889. The fourth-order valence-electron chi connectivity index (χ4n) is 0.876. The Labute approximate surface area is 94.2 Å². The third kappa shape index (κ3) is 3.34. The molecule has 0 aliphatic rings. The first-order valence-corrected chi connectivity index (χ1v) is 4.92. The molecule has 1 rings (SSSR count). The summed E-state index contributed by atoms with van der Waals surface area (Å²) < 4.78 is 0. The number of nitrogens with one attached hydrogen (secondary N) is 2. The Kier molecular flexibility index (Phi) is 3.60. The standard InChI is InChI=1S/C11H15N3O2/c1-11(2,3)10(16)14-13-9(15)8-4-6-12-7-5-8/h4-7H,1-3H3,(H,13,15)(H,14,16). The van der Waals surface area contributed by atoms with Crippen molar-refractivity contribution in [3.63, 3.8) is 0 Å². The summed E-state index contributed by atoms with van der Waals surface area (Å²) in [5, 5.41) is 0. The van der Waals surface area contributed by atoms with Crippen LogP contribution < -0.4 is 10.9 Å². The van der Waals surface area contributed by atoms with Crippen molar-refractivity contribution in [3.05, 3.63) is 30.1 Å². The Balaban J connectivity index is 2.52. The molecular weight excluding hydrogens is 206 g/mol. The van der Waals surface area contributed by atoms with Crippen LogP contribution in [0.1, 0.15) is 31.1 Å². The minimum absolute atomic E-state index is 0.241. The number of carbonyl (C=O) groups excluding carboxylic acids is 2. The summed E-state index contributed by atoms with van der Waals surface area (Å²) in [6, 6.07) is 3.14. The third-order valence-electron chi connectivity index (χ3n) is 1.91. The van der Waals surface area contributed by atoms with E-state index in [9.17, 15) is 9.59 Å². The number of rotatable bonds is 1. The maximum absolute atomic E-state index is 11.5. The van der Waals surface area contributed by atoms with Gasteiger partial charge in [0, 0.05) is 23.4 Å². The molecule has 0 radical (unpaired) electrons. The lowest BCUT2D eigenvalue weighted by Crippen LogP contribution is -2.46. The smallest absolute Gasteiger partial charge is 0.269 e. The van der Waals surface area contributed by atoms with Gasteiger partial charge in [-0.3, -0.25) is 25.4 Å². The number of pyridine rings is 1.